The first-order valence-corrected chi connectivity index (χ1v) is 8.97. The fourth-order valence-electron chi connectivity index (χ4n) is 3.50. The zero-order chi connectivity index (χ0) is 19.0. The Balaban J connectivity index is 1.61. The van der Waals surface area contributed by atoms with Gasteiger partial charge in [-0.25, -0.2) is 9.78 Å². The molecule has 0 unspecified atom stereocenters. The zero-order valence-electron chi connectivity index (χ0n) is 15.3. The summed E-state index contributed by atoms with van der Waals surface area (Å²) in [5, 5.41) is 18.0. The molecule has 0 saturated carbocycles. The Kier molecular flexibility index (Phi) is 4.39. The topological polar surface area (TPSA) is 97.3 Å². The van der Waals surface area contributed by atoms with Crippen molar-refractivity contribution in [2.45, 2.75) is 33.2 Å². The molecule has 27 heavy (non-hydrogen) atoms. The molecule has 0 bridgehead atoms. The van der Waals surface area contributed by atoms with Crippen LogP contribution in [0.25, 0.3) is 11.3 Å². The third-order valence-corrected chi connectivity index (χ3v) is 4.85. The van der Waals surface area contributed by atoms with E-state index in [0.717, 1.165) is 24.5 Å². The van der Waals surface area contributed by atoms with E-state index in [1.165, 1.54) is 19.0 Å². The van der Waals surface area contributed by atoms with Crippen LogP contribution in [0.2, 0.25) is 0 Å². The molecular weight excluding hydrogens is 346 g/mol. The maximum Gasteiger partial charge on any atom is 0.339 e. The molecular formula is C19H21N5O3. The summed E-state index contributed by atoms with van der Waals surface area (Å²) < 4.78 is 6.79. The van der Waals surface area contributed by atoms with Crippen LogP contribution in [0.15, 0.2) is 29.0 Å². The summed E-state index contributed by atoms with van der Waals surface area (Å²) in [7, 11) is 0. The molecule has 0 aromatic carbocycles. The van der Waals surface area contributed by atoms with Gasteiger partial charge in [-0.3, -0.25) is 4.68 Å². The van der Waals surface area contributed by atoms with Gasteiger partial charge in [-0.2, -0.15) is 5.10 Å². The van der Waals surface area contributed by atoms with E-state index >= 15 is 0 Å². The SMILES string of the molecule is Cc1noc(C)c1-c1nn(Cc2ccc(N3CCCC3)nc2)cc1C(=O)O. The van der Waals surface area contributed by atoms with E-state index < -0.39 is 5.97 Å². The number of carbonyl (C=O) groups is 1. The minimum atomic E-state index is -1.03. The van der Waals surface area contributed by atoms with Crippen molar-refractivity contribution >= 4 is 11.8 Å². The Morgan fingerprint density at radius 1 is 1.26 bits per heavy atom. The van der Waals surface area contributed by atoms with Gasteiger partial charge in [0.25, 0.3) is 0 Å². The van der Waals surface area contributed by atoms with Crippen LogP contribution in [-0.2, 0) is 6.54 Å². The highest BCUT2D eigenvalue weighted by Crippen LogP contribution is 2.29. The third-order valence-electron chi connectivity index (χ3n) is 4.85. The smallest absolute Gasteiger partial charge is 0.339 e. The molecule has 1 N–H and O–H groups in total. The first-order chi connectivity index (χ1) is 13.0. The second-order valence-corrected chi connectivity index (χ2v) is 6.81. The van der Waals surface area contributed by atoms with Crippen molar-refractivity contribution in [2.75, 3.05) is 18.0 Å². The average Bonchev–Trinajstić information content (AvgIpc) is 3.37. The molecule has 4 rings (SSSR count). The molecule has 1 fully saturated rings. The molecule has 8 heteroatoms. The minimum Gasteiger partial charge on any atom is -0.478 e. The lowest BCUT2D eigenvalue weighted by molar-refractivity contribution is 0.0697. The number of anilines is 1. The number of rotatable bonds is 5. The predicted octanol–water partition coefficient (Wildman–Crippen LogP) is 2.90. The standard InChI is InChI=1S/C19H21N5O3/c1-12-17(13(2)27-22-12)18-15(19(25)26)11-24(21-18)10-14-5-6-16(20-9-14)23-7-3-4-8-23/h5-6,9,11H,3-4,7-8,10H2,1-2H3,(H,25,26). The van der Waals surface area contributed by atoms with Gasteiger partial charge >= 0.3 is 5.97 Å². The number of aryl methyl sites for hydroxylation is 2. The van der Waals surface area contributed by atoms with Gasteiger partial charge in [-0.15, -0.1) is 0 Å². The predicted molar refractivity (Wildman–Crippen MR) is 98.9 cm³/mol. The van der Waals surface area contributed by atoms with Crippen LogP contribution in [0.1, 0.15) is 40.2 Å². The monoisotopic (exact) mass is 367 g/mol. The van der Waals surface area contributed by atoms with Crippen LogP contribution < -0.4 is 4.90 Å². The van der Waals surface area contributed by atoms with E-state index in [9.17, 15) is 9.90 Å². The number of nitrogens with zero attached hydrogens (tertiary/aromatic N) is 5. The number of aromatic carboxylic acids is 1. The number of hydrogen-bond acceptors (Lipinski definition) is 6. The summed E-state index contributed by atoms with van der Waals surface area (Å²) >= 11 is 0. The van der Waals surface area contributed by atoms with Gasteiger partial charge in [0.15, 0.2) is 0 Å². The maximum absolute atomic E-state index is 11.7. The first-order valence-electron chi connectivity index (χ1n) is 8.97. The maximum atomic E-state index is 11.7. The summed E-state index contributed by atoms with van der Waals surface area (Å²) in [6.45, 7) is 6.07. The molecule has 1 aliphatic rings. The molecule has 0 radical (unpaired) electrons. The van der Waals surface area contributed by atoms with Gasteiger partial charge in [-0.05, 0) is 38.3 Å². The Morgan fingerprint density at radius 3 is 2.63 bits per heavy atom. The number of aromatic nitrogens is 4. The highest BCUT2D eigenvalue weighted by Gasteiger charge is 2.23. The lowest BCUT2D eigenvalue weighted by Gasteiger charge is -2.16. The largest absolute Gasteiger partial charge is 0.478 e. The third kappa shape index (κ3) is 3.30. The van der Waals surface area contributed by atoms with E-state index in [2.05, 4.69) is 20.1 Å². The molecule has 3 aromatic heterocycles. The fraction of sp³-hybridized carbons (Fsp3) is 0.368. The van der Waals surface area contributed by atoms with Gasteiger partial charge in [0.2, 0.25) is 0 Å². The molecule has 0 atom stereocenters. The van der Waals surface area contributed by atoms with Gasteiger partial charge in [0.1, 0.15) is 22.8 Å². The molecule has 8 nitrogen and oxygen atoms in total. The van der Waals surface area contributed by atoms with Gasteiger partial charge in [-0.1, -0.05) is 11.2 Å². The van der Waals surface area contributed by atoms with Crippen LogP contribution in [0.3, 0.4) is 0 Å². The number of pyridine rings is 1. The molecule has 1 saturated heterocycles. The molecule has 0 amide bonds. The number of hydrogen-bond donors (Lipinski definition) is 1. The second-order valence-electron chi connectivity index (χ2n) is 6.81. The highest BCUT2D eigenvalue weighted by molar-refractivity contribution is 5.95. The van der Waals surface area contributed by atoms with Crippen molar-refractivity contribution < 1.29 is 14.4 Å². The van der Waals surface area contributed by atoms with E-state index in [0.29, 0.717) is 29.3 Å². The van der Waals surface area contributed by atoms with Crippen molar-refractivity contribution in [3.05, 3.63) is 47.1 Å². The van der Waals surface area contributed by atoms with E-state index in [-0.39, 0.29) is 5.56 Å². The summed E-state index contributed by atoms with van der Waals surface area (Å²) in [5.74, 6) is 0.509. The minimum absolute atomic E-state index is 0.131. The van der Waals surface area contributed by atoms with Crippen LogP contribution >= 0.6 is 0 Å². The quantitative estimate of drug-likeness (QED) is 0.740. The lowest BCUT2D eigenvalue weighted by atomic mass is 10.1. The fourth-order valence-corrected chi connectivity index (χ4v) is 3.50. The van der Waals surface area contributed by atoms with Crippen LogP contribution in [0, 0.1) is 13.8 Å². The van der Waals surface area contributed by atoms with Crippen molar-refractivity contribution in [2.24, 2.45) is 0 Å². The summed E-state index contributed by atoms with van der Waals surface area (Å²) in [4.78, 5) is 18.5. The Labute approximate surface area is 156 Å². The Hall–Kier alpha value is -3.16. The van der Waals surface area contributed by atoms with Crippen molar-refractivity contribution in [3.8, 4) is 11.3 Å². The van der Waals surface area contributed by atoms with Crippen molar-refractivity contribution in [1.29, 1.82) is 0 Å². The molecule has 0 aliphatic carbocycles. The first kappa shape index (κ1) is 17.3. The van der Waals surface area contributed by atoms with Gasteiger partial charge < -0.3 is 14.5 Å². The van der Waals surface area contributed by atoms with Crippen molar-refractivity contribution in [3.63, 3.8) is 0 Å². The number of carboxylic acids is 1. The average molecular weight is 367 g/mol. The summed E-state index contributed by atoms with van der Waals surface area (Å²) in [5.41, 5.74) is 2.72. The molecule has 0 spiro atoms. The van der Waals surface area contributed by atoms with Crippen LogP contribution in [0.4, 0.5) is 5.82 Å². The second kappa shape index (κ2) is 6.86. The van der Waals surface area contributed by atoms with Crippen LogP contribution in [0.5, 0.6) is 0 Å². The normalized spacial score (nSPS) is 14.1. The Morgan fingerprint density at radius 2 is 2.04 bits per heavy atom. The zero-order valence-corrected chi connectivity index (χ0v) is 15.3. The summed E-state index contributed by atoms with van der Waals surface area (Å²) in [6.07, 6.45) is 5.78. The number of carboxylic acid groups (broad SMARTS) is 1. The van der Waals surface area contributed by atoms with E-state index in [1.807, 2.05) is 18.3 Å². The molecule has 1 aliphatic heterocycles. The molecule has 140 valence electrons. The summed E-state index contributed by atoms with van der Waals surface area (Å²) in [6, 6.07) is 4.02. The van der Waals surface area contributed by atoms with E-state index in [1.54, 1.807) is 18.5 Å². The lowest BCUT2D eigenvalue weighted by Crippen LogP contribution is -2.18. The van der Waals surface area contributed by atoms with Crippen LogP contribution in [-0.4, -0.2) is 44.1 Å². The Bertz CT molecular complexity index is 948. The van der Waals surface area contributed by atoms with Gasteiger partial charge in [0, 0.05) is 25.5 Å². The molecule has 3 aromatic rings. The van der Waals surface area contributed by atoms with E-state index in [4.69, 9.17) is 4.52 Å². The van der Waals surface area contributed by atoms with Gasteiger partial charge in [0.05, 0.1) is 17.8 Å². The highest BCUT2D eigenvalue weighted by atomic mass is 16.5. The molecule has 4 heterocycles. The van der Waals surface area contributed by atoms with Crippen molar-refractivity contribution in [1.82, 2.24) is 19.9 Å².